The summed E-state index contributed by atoms with van der Waals surface area (Å²) in [7, 11) is 1.47. The highest BCUT2D eigenvalue weighted by atomic mass is 16.5. The molecule has 1 aromatic heterocycles. The Kier molecular flexibility index (Phi) is 5.89. The summed E-state index contributed by atoms with van der Waals surface area (Å²) in [4.78, 5) is 44.3. The van der Waals surface area contributed by atoms with Gasteiger partial charge in [-0.15, -0.1) is 0 Å². The summed E-state index contributed by atoms with van der Waals surface area (Å²) in [5.74, 6) is -0.772. The van der Waals surface area contributed by atoms with E-state index in [1.807, 2.05) is 13.0 Å². The van der Waals surface area contributed by atoms with Crippen LogP contribution in [0.2, 0.25) is 0 Å². The van der Waals surface area contributed by atoms with E-state index in [0.717, 1.165) is 43.2 Å². The van der Waals surface area contributed by atoms with Gasteiger partial charge in [0, 0.05) is 16.4 Å². The van der Waals surface area contributed by atoms with Gasteiger partial charge in [0.05, 0.1) is 24.1 Å². The highest BCUT2D eigenvalue weighted by Gasteiger charge is 2.72. The molecule has 1 aromatic rings. The molecule has 9 nitrogen and oxygen atoms in total. The molecule has 220 valence electrons. The number of carbonyl (C=O) groups is 3. The molecule has 1 amide bonds. The van der Waals surface area contributed by atoms with Crippen molar-refractivity contribution < 1.29 is 23.6 Å². The fraction of sp³-hybridized carbons (Fsp3) is 0.750. The number of nitrogens with zero attached hydrogens (tertiary/aromatic N) is 4. The van der Waals surface area contributed by atoms with E-state index in [1.165, 1.54) is 7.11 Å². The minimum Gasteiger partial charge on any atom is -0.469 e. The van der Waals surface area contributed by atoms with Crippen molar-refractivity contribution in [1.82, 2.24) is 5.16 Å². The van der Waals surface area contributed by atoms with Gasteiger partial charge in [-0.05, 0) is 109 Å². The van der Waals surface area contributed by atoms with Crippen LogP contribution in [0.1, 0.15) is 97.8 Å². The summed E-state index contributed by atoms with van der Waals surface area (Å²) in [6.07, 6.45) is 9.62. The first kappa shape index (κ1) is 28.2. The first-order valence-corrected chi connectivity index (χ1v) is 15.0. The van der Waals surface area contributed by atoms with Crippen molar-refractivity contribution in [3.63, 3.8) is 0 Å². The van der Waals surface area contributed by atoms with Crippen LogP contribution < -0.4 is 0 Å². The summed E-state index contributed by atoms with van der Waals surface area (Å²) in [5.41, 5.74) is 8.06. The number of ether oxygens (including phenoxy) is 1. The molecule has 0 aromatic carbocycles. The molecule has 0 aliphatic heterocycles. The molecular formula is C32H42N4O5. The first-order chi connectivity index (χ1) is 19.1. The minimum atomic E-state index is -1.19. The van der Waals surface area contributed by atoms with Gasteiger partial charge in [-0.3, -0.25) is 14.4 Å². The molecule has 1 heterocycles. The number of aromatic nitrogens is 1. The number of esters is 1. The van der Waals surface area contributed by atoms with Crippen molar-refractivity contribution in [2.75, 3.05) is 7.11 Å². The van der Waals surface area contributed by atoms with Crippen molar-refractivity contribution >= 4 is 17.7 Å². The Morgan fingerprint density at radius 2 is 1.80 bits per heavy atom. The molecule has 8 atom stereocenters. The zero-order valence-corrected chi connectivity index (χ0v) is 25.4. The van der Waals surface area contributed by atoms with Crippen LogP contribution in [0.5, 0.6) is 0 Å². The number of methoxy groups -OCH3 is 1. The lowest BCUT2D eigenvalue weighted by Gasteiger charge is -2.69. The van der Waals surface area contributed by atoms with Gasteiger partial charge in [-0.25, -0.2) is 0 Å². The maximum atomic E-state index is 14.6. The van der Waals surface area contributed by atoms with E-state index in [2.05, 4.69) is 49.8 Å². The fourth-order valence-corrected chi connectivity index (χ4v) is 10.9. The Morgan fingerprint density at radius 1 is 1.10 bits per heavy atom. The van der Waals surface area contributed by atoms with Crippen LogP contribution in [0.25, 0.3) is 10.4 Å². The molecular weight excluding hydrogens is 520 g/mol. The summed E-state index contributed by atoms with van der Waals surface area (Å²) in [6, 6.07) is 0. The molecule has 5 aliphatic carbocycles. The van der Waals surface area contributed by atoms with E-state index in [4.69, 9.17) is 9.26 Å². The van der Waals surface area contributed by atoms with Crippen LogP contribution in [0.4, 0.5) is 0 Å². The van der Waals surface area contributed by atoms with Crippen LogP contribution >= 0.6 is 0 Å². The highest BCUT2D eigenvalue weighted by molar-refractivity contribution is 5.96. The van der Waals surface area contributed by atoms with E-state index in [9.17, 15) is 19.9 Å². The summed E-state index contributed by atoms with van der Waals surface area (Å²) in [6.45, 7) is 13.1. The van der Waals surface area contributed by atoms with E-state index in [0.29, 0.717) is 25.0 Å². The monoisotopic (exact) mass is 562 g/mol. The molecule has 3 fully saturated rings. The molecule has 0 N–H and O–H groups in total. The number of azide groups is 1. The van der Waals surface area contributed by atoms with Gasteiger partial charge in [0.15, 0.2) is 11.5 Å². The molecule has 0 saturated heterocycles. The summed E-state index contributed by atoms with van der Waals surface area (Å²) < 4.78 is 11.1. The molecule has 0 spiro atoms. The third kappa shape index (κ3) is 3.33. The lowest BCUT2D eigenvalue weighted by molar-refractivity contribution is -0.191. The number of hydrogen-bond acceptors (Lipinski definition) is 6. The van der Waals surface area contributed by atoms with Crippen LogP contribution in [-0.2, 0) is 31.0 Å². The maximum absolute atomic E-state index is 14.6. The summed E-state index contributed by atoms with van der Waals surface area (Å²) >= 11 is 0. The second kappa shape index (κ2) is 8.56. The third-order valence-electron chi connectivity index (χ3n) is 13.2. The topological polar surface area (TPSA) is 135 Å². The Bertz CT molecular complexity index is 1440. The van der Waals surface area contributed by atoms with Crippen molar-refractivity contribution in [2.24, 2.45) is 49.9 Å². The fourth-order valence-electron chi connectivity index (χ4n) is 10.9. The van der Waals surface area contributed by atoms with E-state index in [1.54, 1.807) is 6.20 Å². The molecule has 5 aliphatic rings. The molecule has 0 unspecified atom stereocenters. The molecule has 0 bridgehead atoms. The number of amides is 1. The van der Waals surface area contributed by atoms with E-state index < -0.39 is 22.2 Å². The van der Waals surface area contributed by atoms with E-state index >= 15 is 0 Å². The predicted molar refractivity (Wildman–Crippen MR) is 150 cm³/mol. The van der Waals surface area contributed by atoms with Crippen molar-refractivity contribution in [3.05, 3.63) is 39.6 Å². The van der Waals surface area contributed by atoms with E-state index in [-0.39, 0.29) is 45.8 Å². The zero-order chi connectivity index (χ0) is 29.8. The Morgan fingerprint density at radius 3 is 2.49 bits per heavy atom. The molecule has 41 heavy (non-hydrogen) atoms. The number of ketones is 1. The molecule has 6 rings (SSSR count). The lowest BCUT2D eigenvalue weighted by atomic mass is 9.34. The summed E-state index contributed by atoms with van der Waals surface area (Å²) in [5, 5.41) is 7.60. The van der Waals surface area contributed by atoms with Crippen LogP contribution in [0, 0.1) is 44.8 Å². The maximum Gasteiger partial charge on any atom is 0.312 e. The second-order valence-corrected chi connectivity index (χ2v) is 15.4. The number of carbonyl (C=O) groups excluding carboxylic acids is 3. The molecule has 9 heteroatoms. The number of fused-ring (bicyclic) bond motifs is 8. The average molecular weight is 563 g/mol. The van der Waals surface area contributed by atoms with Crippen molar-refractivity contribution in [2.45, 2.75) is 98.3 Å². The Hall–Kier alpha value is -2.93. The van der Waals surface area contributed by atoms with Gasteiger partial charge in [0.25, 0.3) is 0 Å². The van der Waals surface area contributed by atoms with Crippen molar-refractivity contribution in [1.29, 1.82) is 0 Å². The molecule has 3 saturated carbocycles. The highest BCUT2D eigenvalue weighted by Crippen LogP contribution is 2.75. The van der Waals surface area contributed by atoms with Gasteiger partial charge in [-0.2, -0.15) is 0 Å². The first-order valence-electron chi connectivity index (χ1n) is 15.0. The molecule has 0 radical (unpaired) electrons. The van der Waals surface area contributed by atoms with Crippen LogP contribution in [0.3, 0.4) is 0 Å². The normalized spacial score (nSPS) is 44.0. The lowest BCUT2D eigenvalue weighted by Crippen LogP contribution is -2.66. The Labute approximate surface area is 241 Å². The number of allylic oxidation sites excluding steroid dienone is 2. The predicted octanol–water partition coefficient (Wildman–Crippen LogP) is 6.66. The number of hydrogen-bond donors (Lipinski definition) is 0. The van der Waals surface area contributed by atoms with Crippen LogP contribution in [0.15, 0.2) is 27.5 Å². The minimum absolute atomic E-state index is 0.0345. The standard InChI is InChI=1S/C32H42N4O5/c1-27(2)10-12-32(26(39)40-7)13-11-30(5)23(19(32)16-27)20(37)14-22-28(3)15-18-17-34-41-24(18)31(6,25(38)35-36-33)21(28)8-9-29(22,30)4/h14,17,19,21,23H,8-13,15-16H2,1-7H3/t19-,21+,23-,28-,29+,30+,31-,32-/m0/s1. The van der Waals surface area contributed by atoms with Crippen LogP contribution in [-0.4, -0.2) is 29.9 Å². The second-order valence-electron chi connectivity index (χ2n) is 15.4. The third-order valence-corrected chi connectivity index (χ3v) is 13.2. The average Bonchev–Trinajstić information content (AvgIpc) is 3.38. The van der Waals surface area contributed by atoms with Gasteiger partial charge >= 0.3 is 5.97 Å². The van der Waals surface area contributed by atoms with Gasteiger partial charge in [0.2, 0.25) is 5.91 Å². The Balaban J connectivity index is 1.52. The van der Waals surface area contributed by atoms with Gasteiger partial charge in [0.1, 0.15) is 0 Å². The SMILES string of the molecule is COC(=O)[C@]12CCC(C)(C)C[C@H]1[C@H]1C(=O)C=C3[C@@]4(C)Cc5cnoc5[C@@](C)(C(=O)N=[N+]=[N-])[C@@H]4CC[C@@]3(C)[C@]1(C)CC2. The zero-order valence-electron chi connectivity index (χ0n) is 25.4. The largest absolute Gasteiger partial charge is 0.469 e. The van der Waals surface area contributed by atoms with Crippen molar-refractivity contribution in [3.8, 4) is 0 Å². The quantitative estimate of drug-likeness (QED) is 0.171. The van der Waals surface area contributed by atoms with Gasteiger partial charge < -0.3 is 9.26 Å². The van der Waals surface area contributed by atoms with Gasteiger partial charge in [-0.1, -0.05) is 45.3 Å². The smallest absolute Gasteiger partial charge is 0.312 e. The number of rotatable bonds is 2.